The molecule has 6 nitrogen and oxygen atoms in total. The Hall–Kier alpha value is -2.26. The molecule has 2 unspecified atom stereocenters. The summed E-state index contributed by atoms with van der Waals surface area (Å²) in [6.07, 6.45) is 4.42. The van der Waals surface area contributed by atoms with Gasteiger partial charge >= 0.3 is 6.09 Å². The highest BCUT2D eigenvalue weighted by molar-refractivity contribution is 5.71. The Bertz CT molecular complexity index is 809. The number of fused-ring (bicyclic) bond motifs is 3. The first-order chi connectivity index (χ1) is 13.3. The molecule has 4 rings (SSSR count). The molecule has 2 N–H and O–H groups in total. The maximum absolute atomic E-state index is 12.7. The van der Waals surface area contributed by atoms with E-state index in [-0.39, 0.29) is 24.2 Å². The Kier molecular flexibility index (Phi) is 4.75. The summed E-state index contributed by atoms with van der Waals surface area (Å²) in [4.78, 5) is 16.9. The third kappa shape index (κ3) is 3.44. The van der Waals surface area contributed by atoms with E-state index in [0.717, 1.165) is 56.4 Å². The number of anilines is 1. The zero-order valence-corrected chi connectivity index (χ0v) is 17.1. The minimum Gasteiger partial charge on any atom is -0.444 e. The third-order valence-electron chi connectivity index (χ3n) is 6.17. The lowest BCUT2D eigenvalue weighted by molar-refractivity contribution is 0.0123. The van der Waals surface area contributed by atoms with Gasteiger partial charge < -0.3 is 15.4 Å². The third-order valence-corrected chi connectivity index (χ3v) is 6.17. The first-order valence-corrected chi connectivity index (χ1v) is 10.3. The van der Waals surface area contributed by atoms with Crippen molar-refractivity contribution in [2.45, 2.75) is 76.6 Å². The summed E-state index contributed by atoms with van der Waals surface area (Å²) >= 11 is 0. The van der Waals surface area contributed by atoms with Gasteiger partial charge in [0.05, 0.1) is 23.3 Å². The molecule has 1 aromatic rings. The lowest BCUT2D eigenvalue weighted by Crippen LogP contribution is -2.57. The lowest BCUT2D eigenvalue weighted by atomic mass is 9.85. The molecule has 1 aliphatic carbocycles. The number of hydrogen-bond donors (Lipinski definition) is 1. The van der Waals surface area contributed by atoms with Crippen molar-refractivity contribution < 1.29 is 9.53 Å². The maximum atomic E-state index is 12.7. The summed E-state index contributed by atoms with van der Waals surface area (Å²) in [5.41, 5.74) is 9.83. The minimum atomic E-state index is -0.485. The summed E-state index contributed by atoms with van der Waals surface area (Å²) in [6.45, 7) is 7.22. The van der Waals surface area contributed by atoms with Gasteiger partial charge in [-0.05, 0) is 70.1 Å². The lowest BCUT2D eigenvalue weighted by Gasteiger charge is -2.42. The number of nitrogens with zero attached hydrogens (tertiary/aromatic N) is 3. The van der Waals surface area contributed by atoms with Crippen molar-refractivity contribution >= 4 is 11.8 Å². The Labute approximate surface area is 167 Å². The Balaban J connectivity index is 1.57. The zero-order valence-electron chi connectivity index (χ0n) is 17.1. The molecule has 2 aliphatic heterocycles. The van der Waals surface area contributed by atoms with E-state index in [1.807, 2.05) is 25.7 Å². The van der Waals surface area contributed by atoms with Gasteiger partial charge in [-0.1, -0.05) is 6.07 Å². The molecular formula is C22H30N4O2. The van der Waals surface area contributed by atoms with Gasteiger partial charge in [0.1, 0.15) is 11.7 Å². The van der Waals surface area contributed by atoms with Crippen molar-refractivity contribution in [1.29, 1.82) is 5.26 Å². The first-order valence-electron chi connectivity index (χ1n) is 10.3. The van der Waals surface area contributed by atoms with Crippen molar-refractivity contribution in [3.05, 3.63) is 28.8 Å². The molecule has 2 saturated heterocycles. The molecule has 1 amide bonds. The standard InChI is InChI=1S/C22H30N4O2/c1-22(2,3)28-21(27)26-16-6-7-17(26)13-25(12-16)20-9-4-14-10-15(24)5-8-18(14)19(20)11-23/h4,9,15-17H,5-8,10,12-13,24H2,1-3H3/t15-,16?,17?/m0/s1. The van der Waals surface area contributed by atoms with E-state index < -0.39 is 5.60 Å². The van der Waals surface area contributed by atoms with E-state index in [1.165, 1.54) is 11.1 Å². The van der Waals surface area contributed by atoms with Gasteiger partial charge in [-0.2, -0.15) is 5.26 Å². The molecule has 0 radical (unpaired) electrons. The van der Waals surface area contributed by atoms with Crippen molar-refractivity contribution in [3.63, 3.8) is 0 Å². The number of hydrogen-bond acceptors (Lipinski definition) is 5. The summed E-state index contributed by atoms with van der Waals surface area (Å²) in [7, 11) is 0. The second-order valence-electron chi connectivity index (χ2n) is 9.39. The molecule has 0 spiro atoms. The van der Waals surface area contributed by atoms with E-state index >= 15 is 0 Å². The van der Waals surface area contributed by atoms with Crippen LogP contribution in [0.25, 0.3) is 0 Å². The van der Waals surface area contributed by atoms with Crippen LogP contribution in [0.1, 0.15) is 56.7 Å². The molecule has 0 saturated carbocycles. The molecule has 2 bridgehead atoms. The SMILES string of the molecule is CC(C)(C)OC(=O)N1C2CCC1CN(c1ccc3c(c1C#N)CC[C@H](N)C3)C2. The predicted molar refractivity (Wildman–Crippen MR) is 108 cm³/mol. The van der Waals surface area contributed by atoms with Crippen molar-refractivity contribution in [1.82, 2.24) is 4.90 Å². The Morgan fingerprint density at radius 3 is 2.50 bits per heavy atom. The Morgan fingerprint density at radius 1 is 1.21 bits per heavy atom. The number of ether oxygens (including phenoxy) is 1. The average Bonchev–Trinajstić information content (AvgIpc) is 2.89. The molecule has 28 heavy (non-hydrogen) atoms. The van der Waals surface area contributed by atoms with Crippen LogP contribution in [0.2, 0.25) is 0 Å². The molecule has 3 atom stereocenters. The largest absolute Gasteiger partial charge is 0.444 e. The monoisotopic (exact) mass is 382 g/mol. The van der Waals surface area contributed by atoms with Crippen molar-refractivity contribution in [2.24, 2.45) is 5.73 Å². The van der Waals surface area contributed by atoms with E-state index in [9.17, 15) is 10.1 Å². The predicted octanol–water partition coefficient (Wildman–Crippen LogP) is 2.96. The van der Waals surface area contributed by atoms with Crippen LogP contribution in [0.15, 0.2) is 12.1 Å². The molecule has 6 heteroatoms. The van der Waals surface area contributed by atoms with Crippen LogP contribution in [0.4, 0.5) is 10.5 Å². The van der Waals surface area contributed by atoms with Crippen LogP contribution in [-0.4, -0.2) is 47.8 Å². The smallest absolute Gasteiger partial charge is 0.410 e. The van der Waals surface area contributed by atoms with Crippen LogP contribution < -0.4 is 10.6 Å². The fraction of sp³-hybridized carbons (Fsp3) is 0.636. The van der Waals surface area contributed by atoms with Gasteiger partial charge in [-0.15, -0.1) is 0 Å². The molecule has 0 aromatic heterocycles. The van der Waals surface area contributed by atoms with Gasteiger partial charge in [0.25, 0.3) is 0 Å². The number of carbonyl (C=O) groups excluding carboxylic acids is 1. The number of nitriles is 1. The topological polar surface area (TPSA) is 82.6 Å². The highest BCUT2D eigenvalue weighted by Gasteiger charge is 2.44. The van der Waals surface area contributed by atoms with Crippen LogP contribution in [0.3, 0.4) is 0 Å². The molecule has 2 heterocycles. The first kappa shape index (κ1) is 19.1. The summed E-state index contributed by atoms with van der Waals surface area (Å²) < 4.78 is 5.63. The van der Waals surface area contributed by atoms with E-state index in [1.54, 1.807) is 0 Å². The van der Waals surface area contributed by atoms with Crippen LogP contribution in [-0.2, 0) is 17.6 Å². The fourth-order valence-corrected chi connectivity index (χ4v) is 4.97. The van der Waals surface area contributed by atoms with E-state index in [4.69, 9.17) is 10.5 Å². The average molecular weight is 383 g/mol. The number of nitrogens with two attached hydrogens (primary N) is 1. The van der Waals surface area contributed by atoms with E-state index in [0.29, 0.717) is 0 Å². The highest BCUT2D eigenvalue weighted by Crippen LogP contribution is 2.37. The number of benzene rings is 1. The van der Waals surface area contributed by atoms with Gasteiger partial charge in [-0.25, -0.2) is 4.79 Å². The fourth-order valence-electron chi connectivity index (χ4n) is 4.97. The highest BCUT2D eigenvalue weighted by atomic mass is 16.6. The second kappa shape index (κ2) is 6.97. The van der Waals surface area contributed by atoms with Gasteiger partial charge in [0.15, 0.2) is 0 Å². The molecule has 150 valence electrons. The maximum Gasteiger partial charge on any atom is 0.410 e. The molecule has 3 aliphatic rings. The Morgan fingerprint density at radius 2 is 1.89 bits per heavy atom. The zero-order chi connectivity index (χ0) is 20.1. The van der Waals surface area contributed by atoms with Crippen LogP contribution >= 0.6 is 0 Å². The van der Waals surface area contributed by atoms with Crippen LogP contribution in [0, 0.1) is 11.3 Å². The number of rotatable bonds is 1. The van der Waals surface area contributed by atoms with Crippen LogP contribution in [0.5, 0.6) is 0 Å². The van der Waals surface area contributed by atoms with Gasteiger partial charge in [0, 0.05) is 19.1 Å². The number of piperazine rings is 1. The number of carbonyl (C=O) groups is 1. The molecular weight excluding hydrogens is 352 g/mol. The molecule has 1 aromatic carbocycles. The minimum absolute atomic E-state index is 0.143. The quantitative estimate of drug-likeness (QED) is 0.807. The van der Waals surface area contributed by atoms with Gasteiger partial charge in [-0.3, -0.25) is 4.90 Å². The van der Waals surface area contributed by atoms with Crippen molar-refractivity contribution in [2.75, 3.05) is 18.0 Å². The summed E-state index contributed by atoms with van der Waals surface area (Å²) in [5.74, 6) is 0. The van der Waals surface area contributed by atoms with E-state index in [2.05, 4.69) is 23.1 Å². The summed E-state index contributed by atoms with van der Waals surface area (Å²) in [6, 6.07) is 7.17. The van der Waals surface area contributed by atoms with Gasteiger partial charge in [0.2, 0.25) is 0 Å². The second-order valence-corrected chi connectivity index (χ2v) is 9.39. The number of amides is 1. The van der Waals surface area contributed by atoms with Crippen molar-refractivity contribution in [3.8, 4) is 6.07 Å². The normalized spacial score (nSPS) is 26.6. The molecule has 2 fully saturated rings. The summed E-state index contributed by atoms with van der Waals surface area (Å²) in [5, 5.41) is 9.89.